The molecule has 0 aliphatic heterocycles. The lowest BCUT2D eigenvalue weighted by Crippen LogP contribution is -2.14. The van der Waals surface area contributed by atoms with Crippen molar-refractivity contribution < 1.29 is 52.5 Å². The highest BCUT2D eigenvalue weighted by Gasteiger charge is 2.15. The molecule has 82 heavy (non-hydrogen) atoms. The fourth-order valence-electron chi connectivity index (χ4n) is 7.08. The molecule has 0 amide bonds. The Labute approximate surface area is 539 Å². The quantitative estimate of drug-likeness (QED) is 0.0592. The van der Waals surface area contributed by atoms with E-state index in [4.69, 9.17) is 20.5 Å². The van der Waals surface area contributed by atoms with Gasteiger partial charge in [-0.3, -0.25) is 19.2 Å². The summed E-state index contributed by atoms with van der Waals surface area (Å²) < 4.78 is 28.7. The van der Waals surface area contributed by atoms with E-state index in [9.17, 15) is 37.2 Å². The maximum Gasteiger partial charge on any atom is 0.335 e. The molecule has 0 radical (unpaired) electrons. The number of primary sulfonamides is 1. The Balaban J connectivity index is 0.000000345. The van der Waals surface area contributed by atoms with Crippen molar-refractivity contribution in [3.05, 3.63) is 232 Å². The molecule has 20 heteroatoms. The van der Waals surface area contributed by atoms with Crippen LogP contribution in [0.15, 0.2) is 159 Å². The summed E-state index contributed by atoms with van der Waals surface area (Å²) in [7, 11) is -3.73. The fraction of sp³-hybridized carbons (Fsp3) is 0.226. The van der Waals surface area contributed by atoms with E-state index in [0.717, 1.165) is 95.9 Å². The predicted octanol–water partition coefficient (Wildman–Crippen LogP) is 17.5. The number of carboxylic acids is 2. The highest BCUT2D eigenvalue weighted by molar-refractivity contribution is 9.11. The Bertz CT molecular complexity index is 3280. The van der Waals surface area contributed by atoms with Crippen LogP contribution < -0.4 is 5.14 Å². The van der Waals surface area contributed by atoms with E-state index >= 15 is 0 Å². The molecule has 0 spiro atoms. The van der Waals surface area contributed by atoms with Crippen molar-refractivity contribution in [3.8, 4) is 0 Å². The van der Waals surface area contributed by atoms with Crippen LogP contribution in [-0.4, -0.2) is 58.8 Å². The SMILES string of the molecule is CC(=O)c1ccc(Br)c(C)c1.CC(=O)c1ccc(Br)c(CBr)c1.CCc1cc(C(=O)Cc2ccc(S(N)(=O)=O)c(C)c2)ccc1Br.CCc1cc(C(=O)O)ccc1Br.CCc1cc(C(C)=O)ccc1Br.O=C(O)c1ccc(Br)c(CO)c1. The maximum atomic E-state index is 12.4. The summed E-state index contributed by atoms with van der Waals surface area (Å²) in [5.41, 5.74) is 10.9. The molecule has 0 heterocycles. The van der Waals surface area contributed by atoms with Crippen LogP contribution in [0.25, 0.3) is 0 Å². The second-order valence-electron chi connectivity index (χ2n) is 17.9. The van der Waals surface area contributed by atoms with Crippen LogP contribution in [0, 0.1) is 13.8 Å². The Morgan fingerprint density at radius 2 is 0.768 bits per heavy atom. The molecule has 0 atom stereocenters. The van der Waals surface area contributed by atoms with Gasteiger partial charge in [0.1, 0.15) is 0 Å². The lowest BCUT2D eigenvalue weighted by Gasteiger charge is -2.08. The molecular weight excluding hydrogens is 1530 g/mol. The Morgan fingerprint density at radius 3 is 1.12 bits per heavy atom. The first-order chi connectivity index (χ1) is 38.4. The number of carboxylic acid groups (broad SMARTS) is 2. The second-order valence-corrected chi connectivity index (χ2v) is 25.1. The number of benzene rings is 7. The lowest BCUT2D eigenvalue weighted by molar-refractivity contribution is 0.0686. The average molecular weight is 1590 g/mol. The normalized spacial score (nSPS) is 10.3. The maximum absolute atomic E-state index is 12.4. The molecule has 5 N–H and O–H groups in total. The summed E-state index contributed by atoms with van der Waals surface area (Å²) in [4.78, 5) is 66.5. The number of ketones is 4. The number of sulfonamides is 1. The summed E-state index contributed by atoms with van der Waals surface area (Å²) in [6, 6.07) is 36.8. The van der Waals surface area contributed by atoms with Crippen molar-refractivity contribution in [2.75, 3.05) is 0 Å². The number of aliphatic hydroxyl groups is 1. The smallest absolute Gasteiger partial charge is 0.335 e. The standard InChI is InChI=1S/C17H18BrNO3S.C10H11BrO.C9H8Br2O.C9H9BrO2.C9H9BrO.C8H7BrO3/c1-3-13-10-14(5-6-15(13)18)16(20)9-12-4-7-17(11(2)8-12)23(19,21)22;1-3-8-6-9(7(2)12)4-5-10(8)11;1-6(12)7-2-3-9(11)8(4-7)5-10;1-2-6-5-7(9(11)12)3-4-8(6)10;1-6-5-8(7(2)11)3-4-9(6)10;9-7-2-1-5(8(11)12)3-6(7)4-10/h4-8,10H,3,9H2,1-2H3,(H2,19,21,22);4-6H,3H2,1-2H3;2-4H,5H2,1H3;3-5H,2H2,1H3,(H,11,12);3-5H,1-2H3;1-3,10H,4H2,(H,11,12). The third kappa shape index (κ3) is 24.5. The first-order valence-electron chi connectivity index (χ1n) is 24.9. The minimum Gasteiger partial charge on any atom is -0.478 e. The van der Waals surface area contributed by atoms with Gasteiger partial charge in [-0.1, -0.05) is 169 Å². The number of halogens is 7. The number of carbonyl (C=O) groups excluding carboxylic acids is 4. The molecule has 0 fully saturated rings. The van der Waals surface area contributed by atoms with Crippen LogP contribution in [0.1, 0.15) is 148 Å². The van der Waals surface area contributed by atoms with Gasteiger partial charge in [0.15, 0.2) is 23.1 Å². The van der Waals surface area contributed by atoms with Crippen LogP contribution in [0.2, 0.25) is 0 Å². The third-order valence-corrected chi connectivity index (χ3v) is 18.2. The number of hydrogen-bond donors (Lipinski definition) is 4. The summed E-state index contributed by atoms with van der Waals surface area (Å²) >= 11 is 23.5. The van der Waals surface area contributed by atoms with Gasteiger partial charge < -0.3 is 15.3 Å². The molecule has 436 valence electrons. The summed E-state index contributed by atoms with van der Waals surface area (Å²) in [5, 5.41) is 32.0. The molecule has 0 bridgehead atoms. The Morgan fingerprint density at radius 1 is 0.439 bits per heavy atom. The van der Waals surface area contributed by atoms with Crippen molar-refractivity contribution in [1.29, 1.82) is 0 Å². The number of alkyl halides is 1. The van der Waals surface area contributed by atoms with Gasteiger partial charge in [-0.05, 0) is 189 Å². The number of aryl methyl sites for hydroxylation is 5. The largest absolute Gasteiger partial charge is 0.478 e. The van der Waals surface area contributed by atoms with E-state index in [1.807, 2.05) is 87.5 Å². The van der Waals surface area contributed by atoms with Gasteiger partial charge in [0.2, 0.25) is 10.0 Å². The number of aromatic carboxylic acids is 2. The van der Waals surface area contributed by atoms with E-state index in [-0.39, 0.29) is 46.6 Å². The summed E-state index contributed by atoms with van der Waals surface area (Å²) in [6.45, 7) is 14.3. The molecule has 0 saturated heterocycles. The number of nitrogens with two attached hydrogens (primary N) is 1. The van der Waals surface area contributed by atoms with E-state index < -0.39 is 22.0 Å². The van der Waals surface area contributed by atoms with Crippen molar-refractivity contribution >= 4 is 157 Å². The molecule has 0 aliphatic carbocycles. The minimum atomic E-state index is -3.73. The van der Waals surface area contributed by atoms with Gasteiger partial charge in [-0.25, -0.2) is 23.1 Å². The van der Waals surface area contributed by atoms with Crippen LogP contribution in [0.4, 0.5) is 0 Å². The summed E-state index contributed by atoms with van der Waals surface area (Å²) in [6.07, 6.45) is 2.84. The highest BCUT2D eigenvalue weighted by atomic mass is 79.9. The monoisotopic (exact) mass is 1580 g/mol. The van der Waals surface area contributed by atoms with Crippen molar-refractivity contribution in [2.45, 2.75) is 97.9 Å². The van der Waals surface area contributed by atoms with Gasteiger partial charge in [0.05, 0.1) is 22.6 Å². The Hall–Kier alpha value is -4.61. The molecule has 7 aromatic rings. The molecule has 12 nitrogen and oxygen atoms in total. The molecule has 0 unspecified atom stereocenters. The van der Waals surface area contributed by atoms with Gasteiger partial charge in [-0.15, -0.1) is 0 Å². The van der Waals surface area contributed by atoms with Gasteiger partial charge in [-0.2, -0.15) is 0 Å². The molecule has 7 rings (SSSR count). The topological polar surface area (TPSA) is 223 Å². The molecule has 0 aliphatic rings. The average Bonchev–Trinajstić information content (AvgIpc) is 3.43. The number of hydrogen-bond acceptors (Lipinski definition) is 9. The van der Waals surface area contributed by atoms with Gasteiger partial charge >= 0.3 is 11.9 Å². The molecule has 0 saturated carbocycles. The van der Waals surface area contributed by atoms with E-state index in [0.29, 0.717) is 22.3 Å². The lowest BCUT2D eigenvalue weighted by atomic mass is 9.99. The molecule has 7 aromatic carbocycles. The van der Waals surface area contributed by atoms with Gasteiger partial charge in [0.25, 0.3) is 0 Å². The molecule has 0 aromatic heterocycles. The first kappa shape index (κ1) is 73.5. The highest BCUT2D eigenvalue weighted by Crippen LogP contribution is 2.25. The number of carbonyl (C=O) groups is 6. The van der Waals surface area contributed by atoms with Crippen molar-refractivity contribution in [2.24, 2.45) is 5.14 Å². The van der Waals surface area contributed by atoms with Crippen LogP contribution in [-0.2, 0) is 47.6 Å². The Kier molecular flexibility index (Phi) is 32.5. The van der Waals surface area contributed by atoms with Crippen LogP contribution in [0.5, 0.6) is 0 Å². The number of aliphatic hydroxyl groups excluding tert-OH is 1. The fourth-order valence-corrected chi connectivity index (χ4v) is 11.3. The first-order valence-corrected chi connectivity index (χ1v) is 32.4. The van der Waals surface area contributed by atoms with Crippen LogP contribution >= 0.6 is 112 Å². The van der Waals surface area contributed by atoms with E-state index in [1.54, 1.807) is 70.2 Å². The number of Topliss-reactive ketones (excluding diaryl/α,β-unsaturated/α-hetero) is 4. The van der Waals surface area contributed by atoms with Crippen molar-refractivity contribution in [3.63, 3.8) is 0 Å². The minimum absolute atomic E-state index is 0.00467. The number of rotatable bonds is 14. The van der Waals surface area contributed by atoms with E-state index in [1.165, 1.54) is 23.8 Å². The zero-order valence-corrected chi connectivity index (χ0v) is 58.0. The zero-order valence-electron chi connectivity index (χ0n) is 46.1. The zero-order chi connectivity index (χ0) is 62.2. The summed E-state index contributed by atoms with van der Waals surface area (Å²) in [5.74, 6) is -1.54. The van der Waals surface area contributed by atoms with Gasteiger partial charge in [0, 0.05) is 60.8 Å². The van der Waals surface area contributed by atoms with Crippen molar-refractivity contribution in [1.82, 2.24) is 0 Å². The molecular formula is C62H62Br7NO11S. The third-order valence-electron chi connectivity index (χ3n) is 11.8. The van der Waals surface area contributed by atoms with E-state index in [2.05, 4.69) is 118 Å². The van der Waals surface area contributed by atoms with Crippen LogP contribution in [0.3, 0.4) is 0 Å². The predicted molar refractivity (Wildman–Crippen MR) is 351 cm³/mol. The second kappa shape index (κ2) is 36.3.